The van der Waals surface area contributed by atoms with Gasteiger partial charge in [-0.05, 0) is 36.2 Å². The maximum Gasteiger partial charge on any atom is 0.319 e. The van der Waals surface area contributed by atoms with E-state index in [0.717, 1.165) is 5.56 Å². The van der Waals surface area contributed by atoms with E-state index in [1.54, 1.807) is 30.3 Å². The summed E-state index contributed by atoms with van der Waals surface area (Å²) >= 11 is 5.94. The van der Waals surface area contributed by atoms with Gasteiger partial charge in [-0.2, -0.15) is 0 Å². The standard InChI is InChI=1S/C15H14ClN3O3S/c16-12-3-1-2-4-14(12)23(21,22)18-11-6-5-10-7-8-19(15(17)20)13(10)9-11/h1-6,9,18H,7-8H2,(H2,17,20). The van der Waals surface area contributed by atoms with E-state index in [1.807, 2.05) is 0 Å². The Bertz CT molecular complexity index is 883. The van der Waals surface area contributed by atoms with Gasteiger partial charge in [-0.1, -0.05) is 29.8 Å². The molecule has 0 saturated heterocycles. The van der Waals surface area contributed by atoms with Crippen LogP contribution in [0, 0.1) is 0 Å². The molecule has 0 aliphatic carbocycles. The summed E-state index contributed by atoms with van der Waals surface area (Å²) in [6.07, 6.45) is 0.690. The third-order valence-electron chi connectivity index (χ3n) is 3.63. The van der Waals surface area contributed by atoms with Gasteiger partial charge in [0, 0.05) is 6.54 Å². The third kappa shape index (κ3) is 2.97. The zero-order valence-corrected chi connectivity index (χ0v) is 13.6. The van der Waals surface area contributed by atoms with Crippen molar-refractivity contribution in [1.82, 2.24) is 0 Å². The van der Waals surface area contributed by atoms with Gasteiger partial charge < -0.3 is 5.73 Å². The predicted molar refractivity (Wildman–Crippen MR) is 89.3 cm³/mol. The molecule has 0 unspecified atom stereocenters. The van der Waals surface area contributed by atoms with Crippen molar-refractivity contribution in [3.8, 4) is 0 Å². The minimum absolute atomic E-state index is 0.00563. The van der Waals surface area contributed by atoms with Crippen LogP contribution in [0.1, 0.15) is 5.56 Å². The number of nitrogens with one attached hydrogen (secondary N) is 1. The molecule has 6 nitrogen and oxygen atoms in total. The molecule has 0 aromatic heterocycles. The second-order valence-corrected chi connectivity index (χ2v) is 7.18. The summed E-state index contributed by atoms with van der Waals surface area (Å²) in [6.45, 7) is 0.491. The number of benzene rings is 2. The van der Waals surface area contributed by atoms with E-state index in [2.05, 4.69) is 4.72 Å². The van der Waals surface area contributed by atoms with Crippen LogP contribution in [-0.4, -0.2) is 21.0 Å². The van der Waals surface area contributed by atoms with Crippen molar-refractivity contribution in [3.05, 3.63) is 53.1 Å². The van der Waals surface area contributed by atoms with E-state index in [-0.39, 0.29) is 9.92 Å². The van der Waals surface area contributed by atoms with Gasteiger partial charge in [-0.25, -0.2) is 13.2 Å². The second-order valence-electron chi connectivity index (χ2n) is 5.12. The minimum atomic E-state index is -3.82. The summed E-state index contributed by atoms with van der Waals surface area (Å²) in [5.74, 6) is 0. The number of anilines is 2. The third-order valence-corrected chi connectivity index (χ3v) is 5.51. The van der Waals surface area contributed by atoms with Crippen LogP contribution in [0.3, 0.4) is 0 Å². The van der Waals surface area contributed by atoms with Crippen LogP contribution in [-0.2, 0) is 16.4 Å². The van der Waals surface area contributed by atoms with Crippen molar-refractivity contribution in [1.29, 1.82) is 0 Å². The molecule has 0 atom stereocenters. The lowest BCUT2D eigenvalue weighted by Gasteiger charge is -2.15. The molecule has 8 heteroatoms. The van der Waals surface area contributed by atoms with Crippen molar-refractivity contribution < 1.29 is 13.2 Å². The molecule has 120 valence electrons. The average molecular weight is 352 g/mol. The zero-order valence-electron chi connectivity index (χ0n) is 12.0. The quantitative estimate of drug-likeness (QED) is 0.890. The number of amides is 2. The summed E-state index contributed by atoms with van der Waals surface area (Å²) in [4.78, 5) is 12.8. The molecule has 23 heavy (non-hydrogen) atoms. The Morgan fingerprint density at radius 2 is 1.96 bits per heavy atom. The molecule has 2 aromatic carbocycles. The molecular formula is C15H14ClN3O3S. The number of carbonyl (C=O) groups excluding carboxylic acids is 1. The zero-order chi connectivity index (χ0) is 16.6. The number of nitrogens with two attached hydrogens (primary N) is 1. The Labute approximate surface area is 138 Å². The molecule has 0 bridgehead atoms. The SMILES string of the molecule is NC(=O)N1CCc2ccc(NS(=O)(=O)c3ccccc3Cl)cc21. The summed E-state index contributed by atoms with van der Waals surface area (Å²) in [5, 5.41) is 0.139. The van der Waals surface area contributed by atoms with Gasteiger partial charge in [-0.15, -0.1) is 0 Å². The lowest BCUT2D eigenvalue weighted by Crippen LogP contribution is -2.34. The van der Waals surface area contributed by atoms with Gasteiger partial charge in [0.05, 0.1) is 16.4 Å². The van der Waals surface area contributed by atoms with Crippen molar-refractivity contribution in [2.45, 2.75) is 11.3 Å². The Kier molecular flexibility index (Phi) is 3.91. The first-order chi connectivity index (χ1) is 10.9. The van der Waals surface area contributed by atoms with Crippen LogP contribution in [0.2, 0.25) is 5.02 Å². The highest BCUT2D eigenvalue weighted by atomic mass is 35.5. The van der Waals surface area contributed by atoms with Crippen LogP contribution < -0.4 is 15.4 Å². The largest absolute Gasteiger partial charge is 0.351 e. The lowest BCUT2D eigenvalue weighted by atomic mass is 10.1. The smallest absolute Gasteiger partial charge is 0.319 e. The Morgan fingerprint density at radius 3 is 2.65 bits per heavy atom. The first kappa shape index (κ1) is 15.6. The molecule has 3 rings (SSSR count). The number of carbonyl (C=O) groups is 1. The van der Waals surface area contributed by atoms with Crippen molar-refractivity contribution in [2.75, 3.05) is 16.2 Å². The van der Waals surface area contributed by atoms with E-state index >= 15 is 0 Å². The highest BCUT2D eigenvalue weighted by Gasteiger charge is 2.24. The molecule has 1 aliphatic rings. The van der Waals surface area contributed by atoms with Gasteiger partial charge in [0.25, 0.3) is 10.0 Å². The number of hydrogen-bond acceptors (Lipinski definition) is 3. The van der Waals surface area contributed by atoms with Gasteiger partial charge >= 0.3 is 6.03 Å². The van der Waals surface area contributed by atoms with E-state index in [0.29, 0.717) is 24.3 Å². The Hall–Kier alpha value is -2.25. The highest BCUT2D eigenvalue weighted by Crippen LogP contribution is 2.32. The second kappa shape index (κ2) is 5.75. The first-order valence-electron chi connectivity index (χ1n) is 6.86. The number of hydrogen-bond donors (Lipinski definition) is 2. The van der Waals surface area contributed by atoms with Crippen molar-refractivity contribution in [3.63, 3.8) is 0 Å². The number of fused-ring (bicyclic) bond motifs is 1. The molecule has 2 amide bonds. The number of sulfonamides is 1. The molecule has 1 heterocycles. The first-order valence-corrected chi connectivity index (χ1v) is 8.72. The Balaban J connectivity index is 1.94. The number of nitrogens with zero attached hydrogens (tertiary/aromatic N) is 1. The molecule has 3 N–H and O–H groups in total. The topological polar surface area (TPSA) is 92.5 Å². The maximum absolute atomic E-state index is 12.4. The molecular weight excluding hydrogens is 338 g/mol. The highest BCUT2D eigenvalue weighted by molar-refractivity contribution is 7.92. The van der Waals surface area contributed by atoms with E-state index in [9.17, 15) is 13.2 Å². The molecule has 0 spiro atoms. The fourth-order valence-corrected chi connectivity index (χ4v) is 4.11. The summed E-state index contributed by atoms with van der Waals surface area (Å²) in [6, 6.07) is 10.7. The van der Waals surface area contributed by atoms with Crippen molar-refractivity contribution in [2.24, 2.45) is 5.73 Å². The summed E-state index contributed by atoms with van der Waals surface area (Å²) < 4.78 is 27.3. The van der Waals surface area contributed by atoms with Crippen LogP contribution >= 0.6 is 11.6 Å². The van der Waals surface area contributed by atoms with Gasteiger partial charge in [-0.3, -0.25) is 9.62 Å². The molecule has 0 fully saturated rings. The summed E-state index contributed by atoms with van der Waals surface area (Å²) in [7, 11) is -3.82. The fraction of sp³-hybridized carbons (Fsp3) is 0.133. The number of halogens is 1. The van der Waals surface area contributed by atoms with Gasteiger partial charge in [0.1, 0.15) is 4.90 Å². The lowest BCUT2D eigenvalue weighted by molar-refractivity contribution is 0.254. The van der Waals surface area contributed by atoms with Gasteiger partial charge in [0.2, 0.25) is 0 Å². The van der Waals surface area contributed by atoms with Crippen LogP contribution in [0.4, 0.5) is 16.2 Å². The Morgan fingerprint density at radius 1 is 1.22 bits per heavy atom. The number of primary amides is 1. The van der Waals surface area contributed by atoms with Crippen molar-refractivity contribution >= 4 is 39.0 Å². The van der Waals surface area contributed by atoms with E-state index < -0.39 is 16.1 Å². The average Bonchev–Trinajstić information content (AvgIpc) is 2.90. The molecule has 0 radical (unpaired) electrons. The normalized spacial score (nSPS) is 13.7. The molecule has 1 aliphatic heterocycles. The number of rotatable bonds is 3. The minimum Gasteiger partial charge on any atom is -0.351 e. The van der Waals surface area contributed by atoms with Crippen LogP contribution in [0.25, 0.3) is 0 Å². The molecule has 0 saturated carbocycles. The number of urea groups is 1. The predicted octanol–water partition coefficient (Wildman–Crippen LogP) is 2.58. The fourth-order valence-electron chi connectivity index (χ4n) is 2.54. The van der Waals surface area contributed by atoms with E-state index in [1.165, 1.54) is 17.0 Å². The summed E-state index contributed by atoms with van der Waals surface area (Å²) in [5.41, 5.74) is 7.25. The maximum atomic E-state index is 12.4. The van der Waals surface area contributed by atoms with E-state index in [4.69, 9.17) is 17.3 Å². The molecule has 2 aromatic rings. The monoisotopic (exact) mass is 351 g/mol. The van der Waals surface area contributed by atoms with Gasteiger partial charge in [0.15, 0.2) is 0 Å². The van der Waals surface area contributed by atoms with Crippen LogP contribution in [0.15, 0.2) is 47.4 Å². The van der Waals surface area contributed by atoms with Crippen LogP contribution in [0.5, 0.6) is 0 Å².